The molecule has 1 aliphatic heterocycles. The quantitative estimate of drug-likeness (QED) is 0.644. The maximum absolute atomic E-state index is 4.71. The van der Waals surface area contributed by atoms with Crippen molar-refractivity contribution in [2.45, 2.75) is 32.2 Å². The van der Waals surface area contributed by atoms with E-state index in [2.05, 4.69) is 52.8 Å². The first kappa shape index (κ1) is 14.2. The number of nitrogens with one attached hydrogen (secondary N) is 2. The molecule has 0 spiro atoms. The number of benzene rings is 1. The van der Waals surface area contributed by atoms with Gasteiger partial charge in [0, 0.05) is 37.9 Å². The highest BCUT2D eigenvalue weighted by molar-refractivity contribution is 5.80. The molecule has 1 aromatic carbocycles. The third-order valence-electron chi connectivity index (χ3n) is 4.20. The second-order valence-electron chi connectivity index (χ2n) is 6.07. The minimum Gasteiger partial charge on any atom is -0.369 e. The summed E-state index contributed by atoms with van der Waals surface area (Å²) in [5.74, 6) is 1.83. The lowest BCUT2D eigenvalue weighted by molar-refractivity contribution is 0.647. The highest BCUT2D eigenvalue weighted by Crippen LogP contribution is 2.28. The fourth-order valence-corrected chi connectivity index (χ4v) is 2.79. The Kier molecular flexibility index (Phi) is 4.63. The fourth-order valence-electron chi connectivity index (χ4n) is 2.79. The molecule has 2 aliphatic rings. The predicted octanol–water partition coefficient (Wildman–Crippen LogP) is 2.23. The van der Waals surface area contributed by atoms with Crippen LogP contribution in [0.2, 0.25) is 0 Å². The molecular weight excluding hydrogens is 260 g/mol. The molecule has 4 heteroatoms. The average Bonchev–Trinajstić information content (AvgIpc) is 3.23. The van der Waals surface area contributed by atoms with Gasteiger partial charge in [-0.2, -0.15) is 0 Å². The van der Waals surface area contributed by atoms with Crippen molar-refractivity contribution in [2.24, 2.45) is 10.9 Å². The van der Waals surface area contributed by atoms with Crippen LogP contribution in [0.3, 0.4) is 0 Å². The molecule has 1 saturated heterocycles. The van der Waals surface area contributed by atoms with E-state index >= 15 is 0 Å². The first-order valence-corrected chi connectivity index (χ1v) is 8.20. The molecule has 21 heavy (non-hydrogen) atoms. The summed E-state index contributed by atoms with van der Waals surface area (Å²) in [5, 5.41) is 6.96. The molecular formula is C17H26N4. The van der Waals surface area contributed by atoms with E-state index in [-0.39, 0.29) is 0 Å². The van der Waals surface area contributed by atoms with Crippen LogP contribution in [0.1, 0.15) is 26.2 Å². The maximum atomic E-state index is 4.71. The van der Waals surface area contributed by atoms with Gasteiger partial charge in [0.1, 0.15) is 0 Å². The third kappa shape index (κ3) is 4.13. The van der Waals surface area contributed by atoms with E-state index in [0.717, 1.165) is 38.1 Å². The zero-order valence-corrected chi connectivity index (χ0v) is 12.9. The first-order chi connectivity index (χ1) is 10.3. The standard InChI is InChI=1S/C17H26N4/c1-2-18-17(19-12-14-8-9-14)20-15-10-11-21(13-15)16-6-4-3-5-7-16/h3-7,14-15H,2,8-13H2,1H3,(H2,18,19,20). The SMILES string of the molecule is CCNC(=NCC1CC1)NC1CCN(c2ccccc2)C1. The summed E-state index contributed by atoms with van der Waals surface area (Å²) < 4.78 is 0. The van der Waals surface area contributed by atoms with Crippen molar-refractivity contribution in [3.63, 3.8) is 0 Å². The molecule has 0 radical (unpaired) electrons. The summed E-state index contributed by atoms with van der Waals surface area (Å²) in [6, 6.07) is 11.2. The second kappa shape index (κ2) is 6.83. The highest BCUT2D eigenvalue weighted by atomic mass is 15.2. The van der Waals surface area contributed by atoms with Crippen LogP contribution in [0.4, 0.5) is 5.69 Å². The van der Waals surface area contributed by atoms with Crippen LogP contribution in [0.25, 0.3) is 0 Å². The molecule has 3 rings (SSSR count). The third-order valence-corrected chi connectivity index (χ3v) is 4.20. The summed E-state index contributed by atoms with van der Waals surface area (Å²) in [7, 11) is 0. The Morgan fingerprint density at radius 1 is 1.24 bits per heavy atom. The Hall–Kier alpha value is -1.71. The van der Waals surface area contributed by atoms with Crippen molar-refractivity contribution in [1.82, 2.24) is 10.6 Å². The number of nitrogens with zero attached hydrogens (tertiary/aromatic N) is 2. The minimum atomic E-state index is 0.488. The van der Waals surface area contributed by atoms with Gasteiger partial charge >= 0.3 is 0 Å². The summed E-state index contributed by atoms with van der Waals surface area (Å²) in [5.41, 5.74) is 1.32. The molecule has 1 aromatic rings. The minimum absolute atomic E-state index is 0.488. The van der Waals surface area contributed by atoms with E-state index in [0.29, 0.717) is 6.04 Å². The fraction of sp³-hybridized carbons (Fsp3) is 0.588. The number of aliphatic imine (C=N–C) groups is 1. The first-order valence-electron chi connectivity index (χ1n) is 8.20. The Bertz CT molecular complexity index is 467. The van der Waals surface area contributed by atoms with Gasteiger partial charge in [-0.25, -0.2) is 0 Å². The highest BCUT2D eigenvalue weighted by Gasteiger charge is 2.24. The topological polar surface area (TPSA) is 39.7 Å². The van der Waals surface area contributed by atoms with E-state index < -0.39 is 0 Å². The van der Waals surface area contributed by atoms with Crippen LogP contribution < -0.4 is 15.5 Å². The van der Waals surface area contributed by atoms with Crippen molar-refractivity contribution in [1.29, 1.82) is 0 Å². The van der Waals surface area contributed by atoms with Crippen LogP contribution in [0, 0.1) is 5.92 Å². The molecule has 0 bridgehead atoms. The van der Waals surface area contributed by atoms with Crippen LogP contribution in [-0.4, -0.2) is 38.2 Å². The lowest BCUT2D eigenvalue weighted by Gasteiger charge is -2.20. The van der Waals surface area contributed by atoms with Crippen LogP contribution in [0.15, 0.2) is 35.3 Å². The molecule has 4 nitrogen and oxygen atoms in total. The average molecular weight is 286 g/mol. The van der Waals surface area contributed by atoms with Crippen molar-refractivity contribution in [2.75, 3.05) is 31.1 Å². The Morgan fingerprint density at radius 3 is 2.76 bits per heavy atom. The Morgan fingerprint density at radius 2 is 2.05 bits per heavy atom. The summed E-state index contributed by atoms with van der Waals surface area (Å²) in [4.78, 5) is 7.16. The largest absolute Gasteiger partial charge is 0.369 e. The van der Waals surface area contributed by atoms with Gasteiger partial charge in [-0.05, 0) is 44.2 Å². The zero-order valence-electron chi connectivity index (χ0n) is 12.9. The maximum Gasteiger partial charge on any atom is 0.191 e. The molecule has 1 atom stereocenters. The van der Waals surface area contributed by atoms with Gasteiger partial charge in [0.05, 0.1) is 0 Å². The molecule has 2 fully saturated rings. The van der Waals surface area contributed by atoms with E-state index in [1.807, 2.05) is 0 Å². The van der Waals surface area contributed by atoms with E-state index in [1.165, 1.54) is 24.9 Å². The molecule has 0 amide bonds. The molecule has 2 N–H and O–H groups in total. The van der Waals surface area contributed by atoms with Gasteiger partial charge in [0.25, 0.3) is 0 Å². The van der Waals surface area contributed by atoms with Gasteiger partial charge < -0.3 is 15.5 Å². The molecule has 1 unspecified atom stereocenters. The van der Waals surface area contributed by atoms with E-state index in [4.69, 9.17) is 4.99 Å². The van der Waals surface area contributed by atoms with Crippen molar-refractivity contribution < 1.29 is 0 Å². The van der Waals surface area contributed by atoms with Crippen LogP contribution in [0.5, 0.6) is 0 Å². The van der Waals surface area contributed by atoms with E-state index in [1.54, 1.807) is 0 Å². The van der Waals surface area contributed by atoms with Gasteiger partial charge in [0.15, 0.2) is 5.96 Å². The smallest absolute Gasteiger partial charge is 0.191 e. The normalized spacial score (nSPS) is 22.4. The molecule has 0 aromatic heterocycles. The summed E-state index contributed by atoms with van der Waals surface area (Å²) >= 11 is 0. The van der Waals surface area contributed by atoms with Gasteiger partial charge in [-0.15, -0.1) is 0 Å². The molecule has 1 saturated carbocycles. The van der Waals surface area contributed by atoms with Crippen molar-refractivity contribution in [3.8, 4) is 0 Å². The summed E-state index contributed by atoms with van der Waals surface area (Å²) in [6.07, 6.45) is 3.88. The lowest BCUT2D eigenvalue weighted by atomic mass is 10.3. The van der Waals surface area contributed by atoms with Gasteiger partial charge in [0.2, 0.25) is 0 Å². The second-order valence-corrected chi connectivity index (χ2v) is 6.07. The van der Waals surface area contributed by atoms with Crippen molar-refractivity contribution >= 4 is 11.6 Å². The zero-order chi connectivity index (χ0) is 14.5. The lowest BCUT2D eigenvalue weighted by Crippen LogP contribution is -2.44. The number of hydrogen-bond donors (Lipinski definition) is 2. The molecule has 114 valence electrons. The number of para-hydroxylation sites is 1. The predicted molar refractivity (Wildman–Crippen MR) is 88.9 cm³/mol. The van der Waals surface area contributed by atoms with Crippen LogP contribution >= 0.6 is 0 Å². The molecule has 1 heterocycles. The summed E-state index contributed by atoms with van der Waals surface area (Å²) in [6.45, 7) is 6.19. The Balaban J connectivity index is 1.53. The Labute approximate surface area is 127 Å². The van der Waals surface area contributed by atoms with E-state index in [9.17, 15) is 0 Å². The number of hydrogen-bond acceptors (Lipinski definition) is 2. The van der Waals surface area contributed by atoms with Crippen molar-refractivity contribution in [3.05, 3.63) is 30.3 Å². The molecule has 1 aliphatic carbocycles. The number of rotatable bonds is 5. The van der Waals surface area contributed by atoms with Gasteiger partial charge in [-0.1, -0.05) is 18.2 Å². The monoisotopic (exact) mass is 286 g/mol. The van der Waals surface area contributed by atoms with Crippen LogP contribution in [-0.2, 0) is 0 Å². The van der Waals surface area contributed by atoms with Gasteiger partial charge in [-0.3, -0.25) is 4.99 Å². The number of guanidine groups is 1. The number of anilines is 1.